The second-order valence-corrected chi connectivity index (χ2v) is 18.4. The van der Waals surface area contributed by atoms with Crippen molar-refractivity contribution in [3.8, 4) is 44.5 Å². The zero-order valence-electron chi connectivity index (χ0n) is 33.8. The van der Waals surface area contributed by atoms with Gasteiger partial charge in [-0.15, -0.1) is 11.3 Å². The molecule has 1 aromatic heterocycles. The second kappa shape index (κ2) is 14.1. The van der Waals surface area contributed by atoms with Crippen LogP contribution in [-0.4, -0.2) is 0 Å². The molecule has 3 aliphatic rings. The van der Waals surface area contributed by atoms with Crippen LogP contribution in [0.1, 0.15) is 43.7 Å². The van der Waals surface area contributed by atoms with Crippen LogP contribution in [0.2, 0.25) is 0 Å². The summed E-state index contributed by atoms with van der Waals surface area (Å²) >= 11 is 1.86. The first-order chi connectivity index (χ1) is 29.6. The van der Waals surface area contributed by atoms with Gasteiger partial charge < -0.3 is 4.90 Å². The molecule has 3 atom stereocenters. The van der Waals surface area contributed by atoms with Gasteiger partial charge in [-0.3, -0.25) is 0 Å². The first-order valence-corrected chi connectivity index (χ1v) is 22.4. The number of rotatable bonds is 6. The van der Waals surface area contributed by atoms with Crippen LogP contribution in [0, 0.1) is 11.8 Å². The van der Waals surface area contributed by atoms with E-state index in [2.05, 4.69) is 206 Å². The Hall–Kier alpha value is -6.48. The average molecular weight is 788 g/mol. The van der Waals surface area contributed by atoms with E-state index in [1.165, 1.54) is 101 Å². The van der Waals surface area contributed by atoms with Crippen LogP contribution in [-0.2, 0) is 5.41 Å². The summed E-state index contributed by atoms with van der Waals surface area (Å²) in [6.07, 6.45) is 7.77. The highest BCUT2D eigenvalue weighted by atomic mass is 32.1. The molecule has 2 bridgehead atoms. The van der Waals surface area contributed by atoms with Crippen LogP contribution < -0.4 is 4.90 Å². The van der Waals surface area contributed by atoms with Crippen LogP contribution >= 0.6 is 11.3 Å². The molecule has 2 heteroatoms. The zero-order valence-corrected chi connectivity index (χ0v) is 34.6. The van der Waals surface area contributed by atoms with Crippen molar-refractivity contribution in [2.45, 2.75) is 38.0 Å². The van der Waals surface area contributed by atoms with Crippen molar-refractivity contribution in [3.05, 3.63) is 211 Å². The van der Waals surface area contributed by atoms with Gasteiger partial charge in [0, 0.05) is 42.6 Å². The third kappa shape index (κ3) is 5.65. The summed E-state index contributed by atoms with van der Waals surface area (Å²) in [4.78, 5) is 2.36. The Morgan fingerprint density at radius 3 is 1.85 bits per heavy atom. The molecule has 8 aromatic carbocycles. The van der Waals surface area contributed by atoms with Gasteiger partial charge in [-0.1, -0.05) is 158 Å². The Labute approximate surface area is 356 Å². The molecule has 0 radical (unpaired) electrons. The van der Waals surface area contributed by atoms with Crippen molar-refractivity contribution in [2.24, 2.45) is 11.8 Å². The molecular formula is C58H45NS. The normalized spacial score (nSPS) is 19.0. The molecule has 0 amide bonds. The minimum atomic E-state index is 0.0190. The highest BCUT2D eigenvalue weighted by molar-refractivity contribution is 7.25. The summed E-state index contributed by atoms with van der Waals surface area (Å²) in [7, 11) is 0. The maximum Gasteiger partial charge on any atom is 0.0468 e. The average Bonchev–Trinajstić information content (AvgIpc) is 3.82. The van der Waals surface area contributed by atoms with Gasteiger partial charge in [0.05, 0.1) is 0 Å². The van der Waals surface area contributed by atoms with E-state index in [1.807, 2.05) is 11.3 Å². The molecule has 0 aliphatic heterocycles. The monoisotopic (exact) mass is 787 g/mol. The summed E-state index contributed by atoms with van der Waals surface area (Å²) < 4.78 is 2.64. The fourth-order valence-corrected chi connectivity index (χ4v) is 12.3. The molecule has 1 fully saturated rings. The summed E-state index contributed by atoms with van der Waals surface area (Å²) in [6.45, 7) is 2.42. The minimum Gasteiger partial charge on any atom is -0.310 e. The molecule has 1 heterocycles. The quantitative estimate of drug-likeness (QED) is 0.152. The van der Waals surface area contributed by atoms with E-state index >= 15 is 0 Å². The molecule has 1 saturated carbocycles. The van der Waals surface area contributed by atoms with E-state index in [1.54, 1.807) is 5.57 Å². The molecule has 3 unspecified atom stereocenters. The lowest BCUT2D eigenvalue weighted by Gasteiger charge is -2.45. The number of hydrogen-bond donors (Lipinski definition) is 0. The Balaban J connectivity index is 0.831. The van der Waals surface area contributed by atoms with Gasteiger partial charge in [0.15, 0.2) is 0 Å². The molecular weight excluding hydrogens is 743 g/mol. The lowest BCUT2D eigenvalue weighted by Crippen LogP contribution is -2.36. The Bertz CT molecular complexity index is 3100. The van der Waals surface area contributed by atoms with Crippen LogP contribution in [0.25, 0.3) is 64.7 Å². The number of allylic oxidation sites excluding steroid dienone is 2. The topological polar surface area (TPSA) is 3.24 Å². The van der Waals surface area contributed by atoms with Crippen LogP contribution in [0.4, 0.5) is 17.1 Å². The van der Waals surface area contributed by atoms with E-state index in [9.17, 15) is 0 Å². The second-order valence-electron chi connectivity index (χ2n) is 17.3. The molecule has 0 saturated heterocycles. The van der Waals surface area contributed by atoms with E-state index < -0.39 is 0 Å². The summed E-state index contributed by atoms with van der Waals surface area (Å²) in [5.41, 5.74) is 18.6. The maximum absolute atomic E-state index is 2.64. The van der Waals surface area contributed by atoms with Crippen LogP contribution in [0.15, 0.2) is 200 Å². The Morgan fingerprint density at radius 2 is 1.08 bits per heavy atom. The Morgan fingerprint density at radius 1 is 0.500 bits per heavy atom. The van der Waals surface area contributed by atoms with E-state index in [4.69, 9.17) is 0 Å². The number of hydrogen-bond acceptors (Lipinski definition) is 2. The van der Waals surface area contributed by atoms with Gasteiger partial charge in [-0.2, -0.15) is 0 Å². The number of para-hydroxylation sites is 1. The molecule has 1 spiro atoms. The number of thiophene rings is 1. The molecule has 60 heavy (non-hydrogen) atoms. The summed E-state index contributed by atoms with van der Waals surface area (Å²) in [5, 5.41) is 2.62. The van der Waals surface area contributed by atoms with Crippen molar-refractivity contribution < 1.29 is 0 Å². The van der Waals surface area contributed by atoms with Crippen molar-refractivity contribution >= 4 is 48.6 Å². The third-order valence-corrected chi connectivity index (χ3v) is 15.0. The van der Waals surface area contributed by atoms with Gasteiger partial charge in [0.1, 0.15) is 0 Å². The van der Waals surface area contributed by atoms with Gasteiger partial charge >= 0.3 is 0 Å². The molecule has 12 rings (SSSR count). The molecule has 1 nitrogen and oxygen atoms in total. The molecule has 0 N–H and O–H groups in total. The van der Waals surface area contributed by atoms with Crippen molar-refractivity contribution in [2.75, 3.05) is 4.90 Å². The van der Waals surface area contributed by atoms with Crippen LogP contribution in [0.5, 0.6) is 0 Å². The SMILES string of the molecule is CC1C=C2CC(CCC23c2ccccc2-c2c(-c4ccc(-c5ccc(-c6ccc(N(c7ccccc7)c7ccc8sc9ccccc9c8c7)cc6)cc5)cc4)cccc23)C1. The van der Waals surface area contributed by atoms with Gasteiger partial charge in [0.25, 0.3) is 0 Å². The number of nitrogens with zero attached hydrogens (tertiary/aromatic N) is 1. The first kappa shape index (κ1) is 35.5. The first-order valence-electron chi connectivity index (χ1n) is 21.6. The zero-order chi connectivity index (χ0) is 39.8. The smallest absolute Gasteiger partial charge is 0.0468 e. The fraction of sp³-hybridized carbons (Fsp3) is 0.138. The lowest BCUT2D eigenvalue weighted by atomic mass is 9.58. The Kier molecular flexibility index (Phi) is 8.32. The lowest BCUT2D eigenvalue weighted by molar-refractivity contribution is 0.284. The van der Waals surface area contributed by atoms with Crippen LogP contribution in [0.3, 0.4) is 0 Å². The van der Waals surface area contributed by atoms with E-state index in [0.29, 0.717) is 5.92 Å². The van der Waals surface area contributed by atoms with Gasteiger partial charge in [-0.05, 0) is 142 Å². The predicted octanol–water partition coefficient (Wildman–Crippen LogP) is 16.6. The number of anilines is 3. The predicted molar refractivity (Wildman–Crippen MR) is 256 cm³/mol. The summed E-state index contributed by atoms with van der Waals surface area (Å²) in [5.74, 6) is 1.50. The summed E-state index contributed by atoms with van der Waals surface area (Å²) in [6, 6.07) is 70.0. The van der Waals surface area contributed by atoms with E-state index in [-0.39, 0.29) is 5.41 Å². The highest BCUT2D eigenvalue weighted by Gasteiger charge is 2.50. The number of benzene rings is 8. The van der Waals surface area contributed by atoms with Gasteiger partial charge in [0.2, 0.25) is 0 Å². The van der Waals surface area contributed by atoms with Gasteiger partial charge in [-0.25, -0.2) is 0 Å². The maximum atomic E-state index is 2.64. The molecule has 9 aromatic rings. The van der Waals surface area contributed by atoms with Crippen molar-refractivity contribution in [3.63, 3.8) is 0 Å². The highest BCUT2D eigenvalue weighted by Crippen LogP contribution is 2.62. The third-order valence-electron chi connectivity index (χ3n) is 13.9. The minimum absolute atomic E-state index is 0.0190. The molecule has 288 valence electrons. The van der Waals surface area contributed by atoms with Crippen molar-refractivity contribution in [1.29, 1.82) is 0 Å². The molecule has 3 aliphatic carbocycles. The standard InChI is InChI=1S/C58H45NS/c1-38-34-39-32-33-58(45(35-38)36-39)53-15-7-5-13-51(53)57-49(14-9-16-54(57)58)44-24-22-42(23-25-44)40-18-20-41(21-19-40)43-26-28-47(29-27-43)59(46-10-3-2-4-11-46)48-30-31-56-52(37-48)50-12-6-8-17-55(50)60-56/h2-31,35,37-39H,32-34,36H2,1H3. The largest absolute Gasteiger partial charge is 0.310 e. The number of fused-ring (bicyclic) bond motifs is 11. The fourth-order valence-electron chi connectivity index (χ4n) is 11.2. The van der Waals surface area contributed by atoms with Crippen molar-refractivity contribution in [1.82, 2.24) is 0 Å². The van der Waals surface area contributed by atoms with E-state index in [0.717, 1.165) is 23.0 Å².